The van der Waals surface area contributed by atoms with Crippen LogP contribution in [0.25, 0.3) is 0 Å². The van der Waals surface area contributed by atoms with E-state index in [-0.39, 0.29) is 6.10 Å². The summed E-state index contributed by atoms with van der Waals surface area (Å²) in [7, 11) is 0. The average molecular weight is 515 g/mol. The van der Waals surface area contributed by atoms with Gasteiger partial charge >= 0.3 is 0 Å². The van der Waals surface area contributed by atoms with Crippen LogP contribution in [0.15, 0.2) is 152 Å². The molecule has 0 N–H and O–H groups in total. The van der Waals surface area contributed by atoms with Gasteiger partial charge in [0.25, 0.3) is 0 Å². The number of benzene rings is 5. The molecule has 196 valence electrons. The van der Waals surface area contributed by atoms with Gasteiger partial charge in [-0.15, -0.1) is 0 Å². The fourth-order valence-corrected chi connectivity index (χ4v) is 4.80. The maximum Gasteiger partial charge on any atom is 0.143 e. The van der Waals surface area contributed by atoms with Gasteiger partial charge in [-0.25, -0.2) is 0 Å². The van der Waals surface area contributed by atoms with E-state index < -0.39 is 5.60 Å². The molecule has 0 radical (unpaired) electrons. The summed E-state index contributed by atoms with van der Waals surface area (Å²) in [6.07, 6.45) is -0.274. The van der Waals surface area contributed by atoms with Gasteiger partial charge < -0.3 is 14.2 Å². The topological polar surface area (TPSA) is 27.7 Å². The summed E-state index contributed by atoms with van der Waals surface area (Å²) in [6, 6.07) is 51.7. The van der Waals surface area contributed by atoms with Gasteiger partial charge in [-0.3, -0.25) is 0 Å². The van der Waals surface area contributed by atoms with E-state index in [1.807, 2.05) is 54.6 Å². The summed E-state index contributed by atoms with van der Waals surface area (Å²) >= 11 is 0. The second-order valence-corrected chi connectivity index (χ2v) is 9.51. The van der Waals surface area contributed by atoms with Crippen LogP contribution in [0.2, 0.25) is 0 Å². The first-order valence-corrected chi connectivity index (χ1v) is 13.4. The molecule has 5 rings (SSSR count). The van der Waals surface area contributed by atoms with Crippen molar-refractivity contribution in [2.24, 2.45) is 0 Å². The molecular weight excluding hydrogens is 480 g/mol. The molecule has 39 heavy (non-hydrogen) atoms. The molecule has 0 fully saturated rings. The molecule has 0 aliphatic carbocycles. The molecule has 5 aromatic carbocycles. The Hall–Kier alpha value is -4.02. The first-order valence-electron chi connectivity index (χ1n) is 13.4. The lowest BCUT2D eigenvalue weighted by atomic mass is 9.80. The van der Waals surface area contributed by atoms with Crippen LogP contribution in [0.4, 0.5) is 0 Å². The van der Waals surface area contributed by atoms with Crippen LogP contribution in [0.5, 0.6) is 0 Å². The Morgan fingerprint density at radius 3 is 1.26 bits per heavy atom. The molecule has 0 heterocycles. The third-order valence-electron chi connectivity index (χ3n) is 6.77. The van der Waals surface area contributed by atoms with Crippen molar-refractivity contribution in [1.82, 2.24) is 0 Å². The predicted molar refractivity (Wildman–Crippen MR) is 156 cm³/mol. The van der Waals surface area contributed by atoms with E-state index in [1.54, 1.807) is 0 Å². The molecule has 0 aromatic heterocycles. The van der Waals surface area contributed by atoms with Crippen molar-refractivity contribution in [2.75, 3.05) is 13.2 Å². The Kier molecular flexibility index (Phi) is 9.32. The first kappa shape index (κ1) is 26.6. The van der Waals surface area contributed by atoms with Crippen LogP contribution in [-0.4, -0.2) is 19.3 Å². The van der Waals surface area contributed by atoms with E-state index in [1.165, 1.54) is 0 Å². The van der Waals surface area contributed by atoms with Crippen LogP contribution in [0, 0.1) is 0 Å². The second kappa shape index (κ2) is 13.7. The van der Waals surface area contributed by atoms with Gasteiger partial charge in [-0.2, -0.15) is 0 Å². The molecule has 0 bridgehead atoms. The predicted octanol–water partition coefficient (Wildman–Crippen LogP) is 7.80. The van der Waals surface area contributed by atoms with E-state index in [2.05, 4.69) is 97.1 Å². The normalized spacial score (nSPS) is 12.2. The van der Waals surface area contributed by atoms with Gasteiger partial charge in [-0.1, -0.05) is 152 Å². The van der Waals surface area contributed by atoms with Crippen molar-refractivity contribution >= 4 is 0 Å². The van der Waals surface area contributed by atoms with Crippen molar-refractivity contribution in [3.63, 3.8) is 0 Å². The standard InChI is InChI=1S/C36H34O3/c1-6-16-30(17-7-1)26-37-28-35(38-27-31-18-8-2-9-19-31)29-39-36(32-20-10-3-11-21-32,33-22-12-4-13-23-33)34-24-14-5-15-25-34/h1-25,35H,26-29H2. The maximum atomic E-state index is 7.04. The SMILES string of the molecule is c1ccc(COCC(COC(c2ccccc2)(c2ccccc2)c2ccccc2)OCc2ccccc2)cc1. The molecule has 0 spiro atoms. The Balaban J connectivity index is 1.43. The lowest BCUT2D eigenvalue weighted by molar-refractivity contribution is -0.0987. The Labute approximate surface area is 231 Å². The van der Waals surface area contributed by atoms with Gasteiger partial charge in [0.05, 0.1) is 26.4 Å². The highest BCUT2D eigenvalue weighted by molar-refractivity contribution is 5.47. The van der Waals surface area contributed by atoms with Gasteiger partial charge in [0.1, 0.15) is 11.7 Å². The monoisotopic (exact) mass is 514 g/mol. The zero-order valence-corrected chi connectivity index (χ0v) is 22.1. The fourth-order valence-electron chi connectivity index (χ4n) is 4.80. The van der Waals surface area contributed by atoms with E-state index in [0.29, 0.717) is 26.4 Å². The summed E-state index contributed by atoms with van der Waals surface area (Å²) in [5.41, 5.74) is 4.63. The van der Waals surface area contributed by atoms with E-state index in [9.17, 15) is 0 Å². The number of ether oxygens (including phenoxy) is 3. The number of hydrogen-bond donors (Lipinski definition) is 0. The lowest BCUT2D eigenvalue weighted by Crippen LogP contribution is -2.37. The molecule has 1 atom stereocenters. The molecule has 0 amide bonds. The summed E-state index contributed by atoms with van der Waals surface area (Å²) in [6.45, 7) is 1.77. The highest BCUT2D eigenvalue weighted by atomic mass is 16.6. The Morgan fingerprint density at radius 2 is 0.821 bits per heavy atom. The molecule has 0 saturated heterocycles. The zero-order valence-electron chi connectivity index (χ0n) is 22.1. The Bertz CT molecular complexity index is 1260. The van der Waals surface area contributed by atoms with E-state index >= 15 is 0 Å². The van der Waals surface area contributed by atoms with Gasteiger partial charge in [0.15, 0.2) is 0 Å². The molecule has 1 unspecified atom stereocenters. The molecule has 0 saturated carbocycles. The van der Waals surface area contributed by atoms with Crippen LogP contribution < -0.4 is 0 Å². The number of rotatable bonds is 13. The van der Waals surface area contributed by atoms with Crippen molar-refractivity contribution < 1.29 is 14.2 Å². The molecule has 3 nitrogen and oxygen atoms in total. The minimum atomic E-state index is -0.808. The first-order chi connectivity index (χ1) is 19.3. The van der Waals surface area contributed by atoms with Crippen molar-refractivity contribution in [2.45, 2.75) is 24.9 Å². The van der Waals surface area contributed by atoms with Gasteiger partial charge in [0, 0.05) is 0 Å². The highest BCUT2D eigenvalue weighted by Gasteiger charge is 2.38. The minimum absolute atomic E-state index is 0.274. The largest absolute Gasteiger partial charge is 0.374 e. The van der Waals surface area contributed by atoms with E-state index in [0.717, 1.165) is 27.8 Å². The molecule has 5 aromatic rings. The fraction of sp³-hybridized carbons (Fsp3) is 0.167. The van der Waals surface area contributed by atoms with Crippen LogP contribution in [0.1, 0.15) is 27.8 Å². The quantitative estimate of drug-likeness (QED) is 0.150. The summed E-state index contributed by atoms with van der Waals surface area (Å²) in [5, 5.41) is 0. The molecular formula is C36H34O3. The molecule has 0 aliphatic rings. The van der Waals surface area contributed by atoms with E-state index in [4.69, 9.17) is 14.2 Å². The summed E-state index contributed by atoms with van der Waals surface area (Å²) in [4.78, 5) is 0. The Morgan fingerprint density at radius 1 is 0.436 bits per heavy atom. The highest BCUT2D eigenvalue weighted by Crippen LogP contribution is 2.40. The summed E-state index contributed by atoms with van der Waals surface area (Å²) in [5.74, 6) is 0. The average Bonchev–Trinajstić information content (AvgIpc) is 3.02. The van der Waals surface area contributed by atoms with Gasteiger partial charge in [0.2, 0.25) is 0 Å². The summed E-state index contributed by atoms with van der Waals surface area (Å²) < 4.78 is 19.6. The maximum absolute atomic E-state index is 7.04. The smallest absolute Gasteiger partial charge is 0.143 e. The molecule has 0 aliphatic heterocycles. The minimum Gasteiger partial charge on any atom is -0.374 e. The van der Waals surface area contributed by atoms with Gasteiger partial charge in [-0.05, 0) is 27.8 Å². The molecule has 3 heteroatoms. The lowest BCUT2D eigenvalue weighted by Gasteiger charge is -2.37. The van der Waals surface area contributed by atoms with Crippen molar-refractivity contribution in [1.29, 1.82) is 0 Å². The zero-order chi connectivity index (χ0) is 26.6. The van der Waals surface area contributed by atoms with Crippen LogP contribution in [0.3, 0.4) is 0 Å². The second-order valence-electron chi connectivity index (χ2n) is 9.51. The van der Waals surface area contributed by atoms with Crippen molar-refractivity contribution in [3.05, 3.63) is 179 Å². The van der Waals surface area contributed by atoms with Crippen molar-refractivity contribution in [3.8, 4) is 0 Å². The third-order valence-corrected chi connectivity index (χ3v) is 6.77. The third kappa shape index (κ3) is 6.90. The van der Waals surface area contributed by atoms with Crippen LogP contribution in [-0.2, 0) is 33.0 Å². The van der Waals surface area contributed by atoms with Crippen LogP contribution >= 0.6 is 0 Å². The number of hydrogen-bond acceptors (Lipinski definition) is 3.